The van der Waals surface area contributed by atoms with E-state index in [0.29, 0.717) is 5.69 Å². The number of benzene rings is 1. The molecule has 2 N–H and O–H groups in total. The largest absolute Gasteiger partial charge is 0.345 e. The minimum Gasteiger partial charge on any atom is -0.345 e. The quantitative estimate of drug-likeness (QED) is 0.888. The van der Waals surface area contributed by atoms with Gasteiger partial charge in [-0.15, -0.1) is 0 Å². The van der Waals surface area contributed by atoms with Gasteiger partial charge in [-0.1, -0.05) is 18.5 Å². The van der Waals surface area contributed by atoms with Gasteiger partial charge in [-0.3, -0.25) is 0 Å². The van der Waals surface area contributed by atoms with Crippen molar-refractivity contribution in [3.8, 4) is 0 Å². The van der Waals surface area contributed by atoms with Crippen LogP contribution in [0, 0.1) is 5.82 Å². The first-order valence-electron chi connectivity index (χ1n) is 5.90. The Balaban J connectivity index is 2.14. The highest BCUT2D eigenvalue weighted by atomic mass is 35.5. The molecule has 1 aromatic carbocycles. The SMILES string of the molecule is CCc1ncc(CNS(=O)(=O)c2ccc(Cl)cc2F)[nH]1. The van der Waals surface area contributed by atoms with Gasteiger partial charge in [0.05, 0.1) is 6.54 Å². The van der Waals surface area contributed by atoms with Crippen LogP contribution in [0.2, 0.25) is 5.02 Å². The molecule has 0 unspecified atom stereocenters. The minimum absolute atomic E-state index is 0.0113. The van der Waals surface area contributed by atoms with Gasteiger partial charge >= 0.3 is 0 Å². The zero-order valence-corrected chi connectivity index (χ0v) is 12.2. The van der Waals surface area contributed by atoms with E-state index in [0.717, 1.165) is 24.4 Å². The summed E-state index contributed by atoms with van der Waals surface area (Å²) in [4.78, 5) is 6.58. The van der Waals surface area contributed by atoms with Gasteiger partial charge in [-0.05, 0) is 18.2 Å². The number of sulfonamides is 1. The van der Waals surface area contributed by atoms with Crippen LogP contribution in [0.5, 0.6) is 0 Å². The molecule has 0 aliphatic heterocycles. The van der Waals surface area contributed by atoms with Crippen LogP contribution in [0.1, 0.15) is 18.4 Å². The summed E-state index contributed by atoms with van der Waals surface area (Å²) in [6, 6.07) is 3.41. The predicted octanol–water partition coefficient (Wildman–Crippen LogP) is 2.24. The highest BCUT2D eigenvalue weighted by Crippen LogP contribution is 2.18. The van der Waals surface area contributed by atoms with Crippen molar-refractivity contribution < 1.29 is 12.8 Å². The molecule has 0 atom stereocenters. The summed E-state index contributed by atoms with van der Waals surface area (Å²) < 4.78 is 39.9. The Hall–Kier alpha value is -1.44. The highest BCUT2D eigenvalue weighted by Gasteiger charge is 2.19. The summed E-state index contributed by atoms with van der Waals surface area (Å²) in [5.74, 6) is -0.124. The topological polar surface area (TPSA) is 74.8 Å². The highest BCUT2D eigenvalue weighted by molar-refractivity contribution is 7.89. The first kappa shape index (κ1) is 15.0. The lowest BCUT2D eigenvalue weighted by Gasteiger charge is -2.06. The second kappa shape index (κ2) is 5.90. The normalized spacial score (nSPS) is 11.8. The number of rotatable bonds is 5. The van der Waals surface area contributed by atoms with Gasteiger partial charge in [0.1, 0.15) is 16.5 Å². The maximum atomic E-state index is 13.6. The number of aryl methyl sites for hydroxylation is 1. The van der Waals surface area contributed by atoms with Gasteiger partial charge in [0.25, 0.3) is 0 Å². The maximum Gasteiger partial charge on any atom is 0.243 e. The fraction of sp³-hybridized carbons (Fsp3) is 0.250. The fourth-order valence-electron chi connectivity index (χ4n) is 1.62. The number of nitrogens with zero attached hydrogens (tertiary/aromatic N) is 1. The number of hydrogen-bond acceptors (Lipinski definition) is 3. The number of H-pyrrole nitrogens is 1. The number of nitrogens with one attached hydrogen (secondary N) is 2. The van der Waals surface area contributed by atoms with Crippen molar-refractivity contribution in [2.45, 2.75) is 24.8 Å². The molecule has 0 bridgehead atoms. The summed E-state index contributed by atoms with van der Waals surface area (Å²) in [6.45, 7) is 1.94. The van der Waals surface area contributed by atoms with E-state index in [1.807, 2.05) is 6.92 Å². The van der Waals surface area contributed by atoms with Crippen molar-refractivity contribution >= 4 is 21.6 Å². The summed E-state index contributed by atoms with van der Waals surface area (Å²) in [5.41, 5.74) is 0.611. The molecular formula is C12H13ClFN3O2S. The average Bonchev–Trinajstić information content (AvgIpc) is 2.84. The van der Waals surface area contributed by atoms with Crippen LogP contribution in [0.3, 0.4) is 0 Å². The second-order valence-electron chi connectivity index (χ2n) is 4.11. The molecule has 0 radical (unpaired) electrons. The molecule has 1 aromatic heterocycles. The van der Waals surface area contributed by atoms with Gasteiger partial charge in [-0.2, -0.15) is 0 Å². The van der Waals surface area contributed by atoms with Crippen LogP contribution in [-0.4, -0.2) is 18.4 Å². The summed E-state index contributed by atoms with van der Waals surface area (Å²) in [5, 5.41) is 0.141. The number of aromatic amines is 1. The second-order valence-corrected chi connectivity index (χ2v) is 6.28. The third-order valence-electron chi connectivity index (χ3n) is 2.65. The first-order valence-corrected chi connectivity index (χ1v) is 7.76. The van der Waals surface area contributed by atoms with Crippen molar-refractivity contribution in [3.05, 3.63) is 46.8 Å². The Bertz CT molecular complexity index is 715. The average molecular weight is 318 g/mol. The Kier molecular flexibility index (Phi) is 4.42. The summed E-state index contributed by atoms with van der Waals surface area (Å²) >= 11 is 5.59. The van der Waals surface area contributed by atoms with Crippen molar-refractivity contribution in [3.63, 3.8) is 0 Å². The van der Waals surface area contributed by atoms with Crippen molar-refractivity contribution in [2.75, 3.05) is 0 Å². The van der Waals surface area contributed by atoms with Crippen molar-refractivity contribution in [2.24, 2.45) is 0 Å². The van der Waals surface area contributed by atoms with Crippen molar-refractivity contribution in [1.29, 1.82) is 0 Å². The smallest absolute Gasteiger partial charge is 0.243 e. The standard InChI is InChI=1S/C12H13ClFN3O2S/c1-2-12-15-6-9(17-12)7-16-20(18,19)11-4-3-8(13)5-10(11)14/h3-6,16H,2,7H2,1H3,(H,15,17). The zero-order valence-electron chi connectivity index (χ0n) is 10.7. The Morgan fingerprint density at radius 2 is 2.20 bits per heavy atom. The molecule has 0 spiro atoms. The molecule has 1 heterocycles. The van der Waals surface area contributed by atoms with Crippen LogP contribution in [0.25, 0.3) is 0 Å². The molecule has 0 fully saturated rings. The van der Waals surface area contributed by atoms with Crippen LogP contribution >= 0.6 is 11.6 Å². The van der Waals surface area contributed by atoms with E-state index in [9.17, 15) is 12.8 Å². The lowest BCUT2D eigenvalue weighted by molar-refractivity contribution is 0.556. The third-order valence-corrected chi connectivity index (χ3v) is 4.32. The van der Waals surface area contributed by atoms with E-state index in [1.165, 1.54) is 6.07 Å². The number of halogens is 2. The molecule has 2 aromatic rings. The molecule has 5 nitrogen and oxygen atoms in total. The molecule has 0 amide bonds. The summed E-state index contributed by atoms with van der Waals surface area (Å²) in [7, 11) is -3.93. The molecule has 0 saturated carbocycles. The van der Waals surface area contributed by atoms with E-state index >= 15 is 0 Å². The summed E-state index contributed by atoms with van der Waals surface area (Å²) in [6.07, 6.45) is 2.26. The Labute approximate surface area is 121 Å². The van der Waals surface area contributed by atoms with Gasteiger partial charge in [-0.25, -0.2) is 22.5 Å². The molecule has 20 heavy (non-hydrogen) atoms. The molecule has 108 valence electrons. The van der Waals surface area contributed by atoms with Crippen LogP contribution in [-0.2, 0) is 23.0 Å². The molecule has 8 heteroatoms. The maximum absolute atomic E-state index is 13.6. The number of hydrogen-bond donors (Lipinski definition) is 2. The minimum atomic E-state index is -3.93. The monoisotopic (exact) mass is 317 g/mol. The van der Waals surface area contributed by atoms with Gasteiger partial charge in [0, 0.05) is 23.3 Å². The van der Waals surface area contributed by atoms with Crippen LogP contribution < -0.4 is 4.72 Å². The number of imidazole rings is 1. The van der Waals surface area contributed by atoms with E-state index in [2.05, 4.69) is 14.7 Å². The Morgan fingerprint density at radius 3 is 2.80 bits per heavy atom. The van der Waals surface area contributed by atoms with E-state index in [1.54, 1.807) is 6.20 Å². The molecule has 0 aliphatic rings. The first-order chi connectivity index (χ1) is 9.42. The van der Waals surface area contributed by atoms with E-state index in [4.69, 9.17) is 11.6 Å². The van der Waals surface area contributed by atoms with Crippen LogP contribution in [0.15, 0.2) is 29.3 Å². The molecular weight excluding hydrogens is 305 g/mol. The lowest BCUT2D eigenvalue weighted by Crippen LogP contribution is -2.24. The zero-order chi connectivity index (χ0) is 14.8. The van der Waals surface area contributed by atoms with Gasteiger partial charge < -0.3 is 4.98 Å². The van der Waals surface area contributed by atoms with E-state index in [-0.39, 0.29) is 11.6 Å². The predicted molar refractivity (Wildman–Crippen MR) is 73.4 cm³/mol. The number of aromatic nitrogens is 2. The molecule has 0 aliphatic carbocycles. The van der Waals surface area contributed by atoms with E-state index < -0.39 is 20.7 Å². The Morgan fingerprint density at radius 1 is 1.45 bits per heavy atom. The van der Waals surface area contributed by atoms with Crippen LogP contribution in [0.4, 0.5) is 4.39 Å². The lowest BCUT2D eigenvalue weighted by atomic mass is 10.3. The van der Waals surface area contributed by atoms with Crippen molar-refractivity contribution in [1.82, 2.24) is 14.7 Å². The molecule has 0 saturated heterocycles. The van der Waals surface area contributed by atoms with Gasteiger partial charge in [0.15, 0.2) is 0 Å². The van der Waals surface area contributed by atoms with Gasteiger partial charge in [0.2, 0.25) is 10.0 Å². The molecule has 2 rings (SSSR count). The third kappa shape index (κ3) is 3.36. The fourth-order valence-corrected chi connectivity index (χ4v) is 2.84.